The van der Waals surface area contributed by atoms with Gasteiger partial charge in [-0.15, -0.1) is 0 Å². The van der Waals surface area contributed by atoms with E-state index in [1.165, 1.54) is 11.6 Å². The van der Waals surface area contributed by atoms with Crippen molar-refractivity contribution in [3.63, 3.8) is 0 Å². The van der Waals surface area contributed by atoms with Gasteiger partial charge in [0, 0.05) is 17.8 Å². The number of aryl methyl sites for hydroxylation is 2. The molecule has 0 unspecified atom stereocenters. The molecule has 0 fully saturated rings. The monoisotopic (exact) mass is 371 g/mol. The van der Waals surface area contributed by atoms with Crippen molar-refractivity contribution in [1.82, 2.24) is 24.5 Å². The highest BCUT2D eigenvalue weighted by atomic mass is 16.1. The van der Waals surface area contributed by atoms with Gasteiger partial charge in [0.1, 0.15) is 5.82 Å². The lowest BCUT2D eigenvalue weighted by molar-refractivity contribution is 0.763. The van der Waals surface area contributed by atoms with Crippen LogP contribution in [0.25, 0.3) is 22.6 Å². The lowest BCUT2D eigenvalue weighted by Crippen LogP contribution is -2.13. The summed E-state index contributed by atoms with van der Waals surface area (Å²) in [5, 5.41) is 0. The molecule has 1 N–H and O–H groups in total. The molecule has 3 aromatic heterocycles. The predicted octanol–water partition coefficient (Wildman–Crippen LogP) is 3.61. The van der Waals surface area contributed by atoms with Gasteiger partial charge < -0.3 is 9.55 Å². The highest BCUT2D eigenvalue weighted by molar-refractivity contribution is 5.76. The Bertz CT molecular complexity index is 1140. The van der Waals surface area contributed by atoms with Crippen LogP contribution in [0.4, 0.5) is 0 Å². The van der Waals surface area contributed by atoms with Gasteiger partial charge in [-0.05, 0) is 25.0 Å². The highest BCUT2D eigenvalue weighted by Gasteiger charge is 2.17. The van der Waals surface area contributed by atoms with Crippen LogP contribution in [0.3, 0.4) is 0 Å². The first-order valence-electron chi connectivity index (χ1n) is 9.26. The van der Waals surface area contributed by atoms with Gasteiger partial charge >= 0.3 is 0 Å². The Hall–Kier alpha value is -3.54. The van der Waals surface area contributed by atoms with Gasteiger partial charge in [-0.25, -0.2) is 9.97 Å². The van der Waals surface area contributed by atoms with Gasteiger partial charge in [0.2, 0.25) is 0 Å². The summed E-state index contributed by atoms with van der Waals surface area (Å²) in [5.41, 5.74) is 5.35. The summed E-state index contributed by atoms with van der Waals surface area (Å²) in [5.74, 6) is 0.595. The third kappa shape index (κ3) is 3.62. The highest BCUT2D eigenvalue weighted by Crippen LogP contribution is 2.30. The number of hydrogen-bond acceptors (Lipinski definition) is 4. The molecule has 4 aromatic rings. The predicted molar refractivity (Wildman–Crippen MR) is 109 cm³/mol. The molecule has 0 aliphatic rings. The molecule has 0 saturated carbocycles. The zero-order valence-electron chi connectivity index (χ0n) is 15.9. The number of nitrogens with zero attached hydrogens (tertiary/aromatic N) is 4. The summed E-state index contributed by atoms with van der Waals surface area (Å²) in [6, 6.07) is 15.7. The topological polar surface area (TPSA) is 76.5 Å². The number of nitrogens with one attached hydrogen (secondary N) is 1. The largest absolute Gasteiger partial charge is 0.323 e. The van der Waals surface area contributed by atoms with E-state index in [1.54, 1.807) is 13.3 Å². The standard InChI is InChI=1S/C22H21N5O/c1-3-16-9-10-19(23-12-16)22-21(17-7-5-4-6-8-17)24-14-27(22)13-18-11-20(28)26-15(2)25-18/h4-12,14H,3,13H2,1-2H3,(H,25,26,28). The first-order valence-corrected chi connectivity index (χ1v) is 9.26. The van der Waals surface area contributed by atoms with Crippen molar-refractivity contribution in [2.75, 3.05) is 0 Å². The van der Waals surface area contributed by atoms with Crippen molar-refractivity contribution in [1.29, 1.82) is 0 Å². The van der Waals surface area contributed by atoms with E-state index in [0.29, 0.717) is 18.1 Å². The van der Waals surface area contributed by atoms with Crippen molar-refractivity contribution in [2.24, 2.45) is 0 Å². The van der Waals surface area contributed by atoms with Crippen LogP contribution < -0.4 is 5.56 Å². The quantitative estimate of drug-likeness (QED) is 0.581. The number of aromatic amines is 1. The average molecular weight is 371 g/mol. The first-order chi connectivity index (χ1) is 13.6. The number of hydrogen-bond donors (Lipinski definition) is 1. The Labute approximate surface area is 163 Å². The smallest absolute Gasteiger partial charge is 0.251 e. The molecule has 0 aliphatic carbocycles. The van der Waals surface area contributed by atoms with Gasteiger partial charge in [0.15, 0.2) is 0 Å². The number of H-pyrrole nitrogens is 1. The number of pyridine rings is 1. The molecule has 0 amide bonds. The molecule has 0 saturated heterocycles. The Morgan fingerprint density at radius 3 is 2.57 bits per heavy atom. The van der Waals surface area contributed by atoms with Gasteiger partial charge in [0.25, 0.3) is 5.56 Å². The van der Waals surface area contributed by atoms with Crippen LogP contribution in [0, 0.1) is 6.92 Å². The van der Waals surface area contributed by atoms with Gasteiger partial charge in [-0.1, -0.05) is 43.3 Å². The minimum Gasteiger partial charge on any atom is -0.323 e. The number of imidazole rings is 1. The SMILES string of the molecule is CCc1ccc(-c2c(-c3ccccc3)ncn2Cc2cc(=O)[nH]c(C)n2)nc1. The Balaban J connectivity index is 1.84. The number of benzene rings is 1. The van der Waals surface area contributed by atoms with E-state index in [9.17, 15) is 4.79 Å². The lowest BCUT2D eigenvalue weighted by Gasteiger charge is -2.10. The Morgan fingerprint density at radius 2 is 1.89 bits per heavy atom. The molecule has 6 heteroatoms. The van der Waals surface area contributed by atoms with E-state index in [4.69, 9.17) is 0 Å². The summed E-state index contributed by atoms with van der Waals surface area (Å²) in [6.45, 7) is 4.33. The van der Waals surface area contributed by atoms with Crippen LogP contribution in [0.5, 0.6) is 0 Å². The zero-order chi connectivity index (χ0) is 19.5. The van der Waals surface area contributed by atoms with Crippen LogP contribution in [0.2, 0.25) is 0 Å². The minimum absolute atomic E-state index is 0.155. The molecule has 140 valence electrons. The van der Waals surface area contributed by atoms with Crippen LogP contribution in [-0.4, -0.2) is 24.5 Å². The first kappa shape index (κ1) is 17.9. The second-order valence-corrected chi connectivity index (χ2v) is 6.66. The van der Waals surface area contributed by atoms with E-state index in [0.717, 1.165) is 29.1 Å². The van der Waals surface area contributed by atoms with Gasteiger partial charge in [-0.3, -0.25) is 9.78 Å². The third-order valence-electron chi connectivity index (χ3n) is 4.61. The Kier molecular flexibility index (Phi) is 4.85. The molecule has 0 aliphatic heterocycles. The molecule has 0 bridgehead atoms. The molecule has 6 nitrogen and oxygen atoms in total. The second kappa shape index (κ2) is 7.60. The maximum absolute atomic E-state index is 11.8. The van der Waals surface area contributed by atoms with Gasteiger partial charge in [0.05, 0.1) is 35.6 Å². The van der Waals surface area contributed by atoms with E-state index in [-0.39, 0.29) is 5.56 Å². The zero-order valence-corrected chi connectivity index (χ0v) is 15.9. The fourth-order valence-electron chi connectivity index (χ4n) is 3.25. The van der Waals surface area contributed by atoms with Gasteiger partial charge in [-0.2, -0.15) is 0 Å². The molecule has 0 spiro atoms. The lowest BCUT2D eigenvalue weighted by atomic mass is 10.1. The van der Waals surface area contributed by atoms with Crippen molar-refractivity contribution in [3.8, 4) is 22.6 Å². The van der Waals surface area contributed by atoms with Crippen LogP contribution >= 0.6 is 0 Å². The molecular formula is C22H21N5O. The number of rotatable bonds is 5. The molecule has 4 rings (SSSR count). The number of aromatic nitrogens is 5. The second-order valence-electron chi connectivity index (χ2n) is 6.66. The molecule has 3 heterocycles. The van der Waals surface area contributed by atoms with Crippen LogP contribution in [0.1, 0.15) is 24.0 Å². The van der Waals surface area contributed by atoms with Crippen molar-refractivity contribution in [2.45, 2.75) is 26.8 Å². The summed E-state index contributed by atoms with van der Waals surface area (Å²) in [4.78, 5) is 28.3. The van der Waals surface area contributed by atoms with E-state index in [2.05, 4.69) is 32.9 Å². The van der Waals surface area contributed by atoms with Crippen molar-refractivity contribution in [3.05, 3.63) is 88.5 Å². The van der Waals surface area contributed by atoms with Crippen LogP contribution in [0.15, 0.2) is 65.8 Å². The van der Waals surface area contributed by atoms with Crippen molar-refractivity contribution >= 4 is 0 Å². The Morgan fingerprint density at radius 1 is 1.07 bits per heavy atom. The summed E-state index contributed by atoms with van der Waals surface area (Å²) < 4.78 is 2.00. The molecular weight excluding hydrogens is 350 g/mol. The molecule has 28 heavy (non-hydrogen) atoms. The summed E-state index contributed by atoms with van der Waals surface area (Å²) in [7, 11) is 0. The minimum atomic E-state index is -0.155. The van der Waals surface area contributed by atoms with E-state index >= 15 is 0 Å². The maximum atomic E-state index is 11.8. The summed E-state index contributed by atoms with van der Waals surface area (Å²) >= 11 is 0. The van der Waals surface area contributed by atoms with Crippen molar-refractivity contribution < 1.29 is 0 Å². The molecule has 0 atom stereocenters. The normalized spacial score (nSPS) is 10.9. The fourth-order valence-corrected chi connectivity index (χ4v) is 3.25. The third-order valence-corrected chi connectivity index (χ3v) is 4.61. The van der Waals surface area contributed by atoms with Crippen LogP contribution in [-0.2, 0) is 13.0 Å². The average Bonchev–Trinajstić information content (AvgIpc) is 3.11. The summed E-state index contributed by atoms with van der Waals surface area (Å²) in [6.07, 6.45) is 4.62. The molecule has 1 aromatic carbocycles. The fraction of sp³-hybridized carbons (Fsp3) is 0.182. The van der Waals surface area contributed by atoms with E-state index in [1.807, 2.05) is 47.2 Å². The molecule has 0 radical (unpaired) electrons. The van der Waals surface area contributed by atoms with E-state index < -0.39 is 0 Å². The maximum Gasteiger partial charge on any atom is 0.251 e.